The van der Waals surface area contributed by atoms with Crippen LogP contribution in [0.4, 0.5) is 4.39 Å². The van der Waals surface area contributed by atoms with Gasteiger partial charge in [0, 0.05) is 24.6 Å². The fraction of sp³-hybridized carbons (Fsp3) is 0.450. The molecule has 5 rings (SSSR count). The highest BCUT2D eigenvalue weighted by atomic mass is 19.1. The highest BCUT2D eigenvalue weighted by Crippen LogP contribution is 2.38. The van der Waals surface area contributed by atoms with Crippen molar-refractivity contribution in [2.75, 3.05) is 20.2 Å². The van der Waals surface area contributed by atoms with Gasteiger partial charge in [-0.05, 0) is 43.9 Å². The molecule has 1 atom stereocenters. The summed E-state index contributed by atoms with van der Waals surface area (Å²) in [5.41, 5.74) is 0.821. The van der Waals surface area contributed by atoms with E-state index in [9.17, 15) is 9.18 Å². The first-order valence-electron chi connectivity index (χ1n) is 10.0. The zero-order valence-corrected chi connectivity index (χ0v) is 16.5. The van der Waals surface area contributed by atoms with E-state index < -0.39 is 5.82 Å². The average Bonchev–Trinajstić information content (AvgIpc) is 3.30. The van der Waals surface area contributed by atoms with Gasteiger partial charge in [-0.3, -0.25) is 4.79 Å². The molecule has 1 saturated carbocycles. The molecule has 2 fully saturated rings. The number of hydrogen-bond acceptors (Lipinski definition) is 7. The van der Waals surface area contributed by atoms with Crippen molar-refractivity contribution in [3.63, 3.8) is 0 Å². The monoisotopic (exact) mass is 412 g/mol. The lowest BCUT2D eigenvalue weighted by Gasteiger charge is -2.32. The third kappa shape index (κ3) is 3.53. The number of halogens is 1. The van der Waals surface area contributed by atoms with Crippen LogP contribution in [0.15, 0.2) is 28.9 Å². The van der Waals surface area contributed by atoms with Crippen LogP contribution in [0.1, 0.15) is 53.8 Å². The number of ether oxygens (including phenoxy) is 1. The number of benzene rings is 1. The summed E-state index contributed by atoms with van der Waals surface area (Å²) in [6.07, 6.45) is 5.64. The minimum Gasteiger partial charge on any atom is -0.494 e. The van der Waals surface area contributed by atoms with Crippen molar-refractivity contribution in [3.05, 3.63) is 41.6 Å². The van der Waals surface area contributed by atoms with Gasteiger partial charge in [0.1, 0.15) is 0 Å². The smallest absolute Gasteiger partial charge is 0.280 e. The van der Waals surface area contributed by atoms with Crippen LogP contribution in [0.2, 0.25) is 0 Å². The number of nitrogens with zero attached hydrogens (tertiary/aromatic N) is 6. The van der Waals surface area contributed by atoms with Gasteiger partial charge in [-0.1, -0.05) is 10.4 Å². The molecule has 1 saturated heterocycles. The van der Waals surface area contributed by atoms with Gasteiger partial charge in [0.25, 0.3) is 11.8 Å². The maximum Gasteiger partial charge on any atom is 0.280 e. The van der Waals surface area contributed by atoms with E-state index in [0.717, 1.165) is 31.5 Å². The van der Waals surface area contributed by atoms with Gasteiger partial charge < -0.3 is 14.2 Å². The van der Waals surface area contributed by atoms with E-state index in [1.165, 1.54) is 19.2 Å². The molecule has 10 heteroatoms. The summed E-state index contributed by atoms with van der Waals surface area (Å²) in [6.45, 7) is 1.07. The highest BCUT2D eigenvalue weighted by molar-refractivity contribution is 5.94. The maximum absolute atomic E-state index is 14.0. The number of carbonyl (C=O) groups is 1. The summed E-state index contributed by atoms with van der Waals surface area (Å²) in [5, 5.41) is 12.4. The molecular formula is C20H21FN6O3. The number of rotatable bonds is 5. The van der Waals surface area contributed by atoms with E-state index in [1.54, 1.807) is 21.8 Å². The Kier molecular flexibility index (Phi) is 4.68. The lowest BCUT2D eigenvalue weighted by molar-refractivity contribution is 0.0671. The van der Waals surface area contributed by atoms with Crippen LogP contribution >= 0.6 is 0 Å². The number of carbonyl (C=O) groups excluding carboxylic acids is 1. The molecule has 3 aromatic rings. The van der Waals surface area contributed by atoms with Crippen molar-refractivity contribution >= 4 is 5.91 Å². The molecule has 2 aliphatic rings. The zero-order valence-electron chi connectivity index (χ0n) is 16.5. The van der Waals surface area contributed by atoms with Gasteiger partial charge in [-0.15, -0.1) is 5.10 Å². The van der Waals surface area contributed by atoms with Gasteiger partial charge in [-0.2, -0.15) is 4.98 Å². The van der Waals surface area contributed by atoms with Crippen molar-refractivity contribution in [2.24, 2.45) is 0 Å². The number of methoxy groups -OCH3 is 1. The molecule has 156 valence electrons. The average molecular weight is 412 g/mol. The van der Waals surface area contributed by atoms with Crippen molar-refractivity contribution in [3.8, 4) is 17.3 Å². The Morgan fingerprint density at radius 1 is 1.30 bits per heavy atom. The SMILES string of the molecule is COc1ccc(C(=O)N2CCC[C@@H](n3cc(-c4nc(C5CC5)no4)nn3)C2)cc1F. The van der Waals surface area contributed by atoms with Crippen LogP contribution in [-0.4, -0.2) is 56.1 Å². The molecule has 0 radical (unpaired) electrons. The minimum atomic E-state index is -0.553. The predicted molar refractivity (Wildman–Crippen MR) is 102 cm³/mol. The molecule has 1 aliphatic heterocycles. The van der Waals surface area contributed by atoms with Crippen LogP contribution in [0, 0.1) is 5.82 Å². The standard InChI is InChI=1S/C20H21FN6O3/c1-29-17-7-6-13(9-15(17)21)20(28)26-8-2-3-14(10-26)27-11-16(23-25-27)19-22-18(24-30-19)12-4-5-12/h6-7,9,11-12,14H,2-5,8,10H2,1H3/t14-/m1/s1. The topological polar surface area (TPSA) is 99.2 Å². The molecule has 0 N–H and O–H groups in total. The quantitative estimate of drug-likeness (QED) is 0.635. The van der Waals surface area contributed by atoms with Crippen LogP contribution in [0.5, 0.6) is 5.75 Å². The molecular weight excluding hydrogens is 391 g/mol. The minimum absolute atomic E-state index is 0.0298. The highest BCUT2D eigenvalue weighted by Gasteiger charge is 2.30. The first-order valence-corrected chi connectivity index (χ1v) is 10.0. The second kappa shape index (κ2) is 7.51. The van der Waals surface area contributed by atoms with Crippen LogP contribution in [0.3, 0.4) is 0 Å². The van der Waals surface area contributed by atoms with Gasteiger partial charge in [0.2, 0.25) is 0 Å². The summed E-state index contributed by atoms with van der Waals surface area (Å²) in [5.74, 6) is 0.833. The number of amides is 1. The van der Waals surface area contributed by atoms with Crippen LogP contribution in [0.25, 0.3) is 11.6 Å². The van der Waals surface area contributed by atoms with Crippen molar-refractivity contribution in [1.82, 2.24) is 30.0 Å². The second-order valence-electron chi connectivity index (χ2n) is 7.71. The van der Waals surface area contributed by atoms with E-state index in [-0.39, 0.29) is 17.7 Å². The largest absolute Gasteiger partial charge is 0.494 e. The Balaban J connectivity index is 1.30. The summed E-state index contributed by atoms with van der Waals surface area (Å²) in [6, 6.07) is 4.23. The number of likely N-dealkylation sites (tertiary alicyclic amines) is 1. The molecule has 9 nitrogen and oxygen atoms in total. The van der Waals surface area contributed by atoms with Crippen molar-refractivity contribution in [2.45, 2.75) is 37.6 Å². The Hall–Kier alpha value is -3.30. The van der Waals surface area contributed by atoms with Crippen LogP contribution in [-0.2, 0) is 0 Å². The first kappa shape index (κ1) is 18.7. The predicted octanol–water partition coefficient (Wildman–Crippen LogP) is 2.83. The molecule has 30 heavy (non-hydrogen) atoms. The molecule has 3 heterocycles. The molecule has 1 aliphatic carbocycles. The molecule has 0 bridgehead atoms. The number of hydrogen-bond donors (Lipinski definition) is 0. The van der Waals surface area contributed by atoms with E-state index in [1.807, 2.05) is 0 Å². The van der Waals surface area contributed by atoms with Crippen LogP contribution < -0.4 is 4.74 Å². The van der Waals surface area contributed by atoms with Gasteiger partial charge in [0.15, 0.2) is 23.1 Å². The summed E-state index contributed by atoms with van der Waals surface area (Å²) >= 11 is 0. The Labute approximate surface area is 171 Å². The Morgan fingerprint density at radius 2 is 2.17 bits per heavy atom. The third-order valence-electron chi connectivity index (χ3n) is 5.57. The van der Waals surface area contributed by atoms with Gasteiger partial charge >= 0.3 is 0 Å². The maximum atomic E-state index is 14.0. The van der Waals surface area contributed by atoms with Gasteiger partial charge in [0.05, 0.1) is 19.3 Å². The normalized spacial score (nSPS) is 19.1. The van der Waals surface area contributed by atoms with E-state index >= 15 is 0 Å². The van der Waals surface area contributed by atoms with Crippen molar-refractivity contribution < 1.29 is 18.4 Å². The van der Waals surface area contributed by atoms with Gasteiger partial charge in [-0.25, -0.2) is 9.07 Å². The number of piperidine rings is 1. The molecule has 1 aromatic carbocycles. The van der Waals surface area contributed by atoms with E-state index in [2.05, 4.69) is 20.5 Å². The zero-order chi connectivity index (χ0) is 20.7. The van der Waals surface area contributed by atoms with Crippen molar-refractivity contribution in [1.29, 1.82) is 0 Å². The van der Waals surface area contributed by atoms with E-state index in [0.29, 0.717) is 36.2 Å². The molecule has 0 spiro atoms. The summed E-state index contributed by atoms with van der Waals surface area (Å²) < 4.78 is 26.0. The Morgan fingerprint density at radius 3 is 2.93 bits per heavy atom. The summed E-state index contributed by atoms with van der Waals surface area (Å²) in [7, 11) is 1.39. The Bertz CT molecular complexity index is 1080. The molecule has 0 unspecified atom stereocenters. The third-order valence-corrected chi connectivity index (χ3v) is 5.57. The molecule has 1 amide bonds. The first-order chi connectivity index (χ1) is 14.6. The number of aromatic nitrogens is 5. The lowest BCUT2D eigenvalue weighted by Crippen LogP contribution is -2.40. The lowest BCUT2D eigenvalue weighted by atomic mass is 10.0. The second-order valence-corrected chi connectivity index (χ2v) is 7.71. The van der Waals surface area contributed by atoms with E-state index in [4.69, 9.17) is 9.26 Å². The fourth-order valence-electron chi connectivity index (χ4n) is 3.74. The fourth-order valence-corrected chi connectivity index (χ4v) is 3.74. The summed E-state index contributed by atoms with van der Waals surface area (Å²) in [4.78, 5) is 19.0. The molecule has 2 aromatic heterocycles.